The Morgan fingerprint density at radius 3 is 1.41 bits per heavy atom. The fraction of sp³-hybridized carbons (Fsp3) is 0.936. The number of rotatable bonds is 45. The van der Waals surface area contributed by atoms with E-state index in [9.17, 15) is 14.3 Å². The third-order valence-electron chi connectivity index (χ3n) is 10.6. The Morgan fingerprint density at radius 2 is 0.946 bits per heavy atom. The molecule has 2 atom stereocenters. The van der Waals surface area contributed by atoms with Crippen LogP contribution >= 0.6 is 7.82 Å². The van der Waals surface area contributed by atoms with Crippen molar-refractivity contribution in [3.63, 3.8) is 0 Å². The van der Waals surface area contributed by atoms with Crippen LogP contribution in [0.25, 0.3) is 0 Å². The second kappa shape index (κ2) is 41.0. The molecule has 0 aromatic heterocycles. The van der Waals surface area contributed by atoms with E-state index in [1.165, 1.54) is 161 Å². The van der Waals surface area contributed by atoms with Crippen molar-refractivity contribution in [2.45, 2.75) is 232 Å². The topological polar surface area (TPSA) is 91.3 Å². The van der Waals surface area contributed by atoms with Crippen molar-refractivity contribution >= 4 is 13.8 Å². The van der Waals surface area contributed by atoms with Gasteiger partial charge in [-0.2, -0.15) is 0 Å². The molecule has 0 amide bonds. The van der Waals surface area contributed by atoms with Crippen LogP contribution in [0.15, 0.2) is 12.2 Å². The van der Waals surface area contributed by atoms with Crippen LogP contribution in [0.5, 0.6) is 0 Å². The van der Waals surface area contributed by atoms with Crippen molar-refractivity contribution in [3.8, 4) is 0 Å². The zero-order chi connectivity index (χ0) is 41.3. The first kappa shape index (κ1) is 55.2. The molecule has 334 valence electrons. The van der Waals surface area contributed by atoms with E-state index in [0.717, 1.165) is 44.9 Å². The molecule has 0 rings (SSSR count). The number of unbranched alkanes of at least 4 members (excludes halogenated alkanes) is 29. The Labute approximate surface area is 348 Å². The predicted octanol–water partition coefficient (Wildman–Crippen LogP) is 14.2. The lowest BCUT2D eigenvalue weighted by molar-refractivity contribution is -0.870. The Kier molecular flexibility index (Phi) is 40.4. The Hall–Kier alpha value is -0.760. The second-order valence-electron chi connectivity index (χ2n) is 17.5. The van der Waals surface area contributed by atoms with Crippen LogP contribution in [0.1, 0.15) is 226 Å². The van der Waals surface area contributed by atoms with E-state index in [2.05, 4.69) is 26.0 Å². The monoisotopic (exact) mass is 817 g/mol. The van der Waals surface area contributed by atoms with Crippen LogP contribution in [0.4, 0.5) is 0 Å². The average Bonchev–Trinajstić information content (AvgIpc) is 3.15. The molecule has 8 nitrogen and oxygen atoms in total. The fourth-order valence-electron chi connectivity index (χ4n) is 6.83. The molecule has 0 fully saturated rings. The van der Waals surface area contributed by atoms with Gasteiger partial charge in [0, 0.05) is 13.0 Å². The highest BCUT2D eigenvalue weighted by atomic mass is 31.2. The largest absolute Gasteiger partial charge is 0.472 e. The van der Waals surface area contributed by atoms with Crippen molar-refractivity contribution in [3.05, 3.63) is 12.2 Å². The van der Waals surface area contributed by atoms with Crippen molar-refractivity contribution in [2.75, 3.05) is 54.1 Å². The summed E-state index contributed by atoms with van der Waals surface area (Å²) in [5.41, 5.74) is 0. The van der Waals surface area contributed by atoms with Crippen molar-refractivity contribution in [1.82, 2.24) is 0 Å². The van der Waals surface area contributed by atoms with Gasteiger partial charge in [-0.3, -0.25) is 13.8 Å². The number of ether oxygens (including phenoxy) is 2. The SMILES string of the molecule is CCCC/C=C\CCCCCCCC(=O)OC(COCCCCCCCCCCCCCCCCCCCCCCCCC)COP(=O)(O)OCC[N+](C)(C)C. The first-order valence-corrected chi connectivity index (χ1v) is 25.4. The molecule has 0 saturated heterocycles. The van der Waals surface area contributed by atoms with Crippen LogP contribution in [0, 0.1) is 0 Å². The minimum absolute atomic E-state index is 0.0902. The van der Waals surface area contributed by atoms with E-state index < -0.39 is 13.9 Å². The smallest absolute Gasteiger partial charge is 0.457 e. The Balaban J connectivity index is 4.03. The lowest BCUT2D eigenvalue weighted by Gasteiger charge is -2.24. The van der Waals surface area contributed by atoms with Crippen molar-refractivity contribution < 1.29 is 37.3 Å². The molecule has 0 aliphatic rings. The van der Waals surface area contributed by atoms with Gasteiger partial charge in [-0.15, -0.1) is 0 Å². The summed E-state index contributed by atoms with van der Waals surface area (Å²) in [7, 11) is 1.67. The third kappa shape index (κ3) is 44.3. The molecule has 1 N–H and O–H groups in total. The molecule has 0 spiro atoms. The van der Waals surface area contributed by atoms with E-state index in [4.69, 9.17) is 18.5 Å². The van der Waals surface area contributed by atoms with Gasteiger partial charge in [-0.25, -0.2) is 4.57 Å². The number of hydrogen-bond donors (Lipinski definition) is 1. The molecule has 9 heteroatoms. The number of nitrogens with zero attached hydrogens (tertiary/aromatic N) is 1. The maximum Gasteiger partial charge on any atom is 0.472 e. The Morgan fingerprint density at radius 1 is 0.536 bits per heavy atom. The summed E-state index contributed by atoms with van der Waals surface area (Å²) in [5, 5.41) is 0. The highest BCUT2D eigenvalue weighted by molar-refractivity contribution is 7.47. The number of quaternary nitrogens is 1. The predicted molar refractivity (Wildman–Crippen MR) is 238 cm³/mol. The normalized spacial score (nSPS) is 13.8. The van der Waals surface area contributed by atoms with Gasteiger partial charge in [0.25, 0.3) is 0 Å². The van der Waals surface area contributed by atoms with E-state index >= 15 is 0 Å². The lowest BCUT2D eigenvalue weighted by atomic mass is 10.0. The van der Waals surface area contributed by atoms with Gasteiger partial charge in [-0.1, -0.05) is 199 Å². The summed E-state index contributed by atoms with van der Waals surface area (Å²) in [5.74, 6) is -0.320. The molecule has 0 aromatic carbocycles. The quantitative estimate of drug-likeness (QED) is 0.0215. The number of carbonyl (C=O) groups excluding carboxylic acids is 1. The fourth-order valence-corrected chi connectivity index (χ4v) is 7.57. The number of allylic oxidation sites excluding steroid dienone is 2. The van der Waals surface area contributed by atoms with E-state index in [0.29, 0.717) is 24.1 Å². The number of esters is 1. The molecule has 0 aromatic rings. The van der Waals surface area contributed by atoms with Crippen LogP contribution in [-0.4, -0.2) is 75.6 Å². The molecular weight excluding hydrogens is 721 g/mol. The van der Waals surface area contributed by atoms with Gasteiger partial charge < -0.3 is 18.9 Å². The first-order chi connectivity index (χ1) is 27.1. The molecular formula is C47H95NO7P+. The summed E-state index contributed by atoms with van der Waals surface area (Å²) in [6.45, 7) is 5.62. The number of likely N-dealkylation sites (N-methyl/N-ethyl adjacent to an activating group) is 1. The maximum atomic E-state index is 12.7. The van der Waals surface area contributed by atoms with Crippen LogP contribution in [-0.2, 0) is 27.9 Å². The van der Waals surface area contributed by atoms with Gasteiger partial charge in [0.15, 0.2) is 0 Å². The molecule has 0 aliphatic heterocycles. The number of phosphoric acid groups is 1. The molecule has 0 heterocycles. The minimum Gasteiger partial charge on any atom is -0.457 e. The van der Waals surface area contributed by atoms with Crippen LogP contribution in [0.2, 0.25) is 0 Å². The highest BCUT2D eigenvalue weighted by Crippen LogP contribution is 2.43. The van der Waals surface area contributed by atoms with E-state index in [1.54, 1.807) is 0 Å². The Bertz CT molecular complexity index is 909. The molecule has 0 radical (unpaired) electrons. The summed E-state index contributed by atoms with van der Waals surface area (Å²) in [6.07, 6.45) is 45.5. The third-order valence-corrected chi connectivity index (χ3v) is 11.6. The van der Waals surface area contributed by atoms with E-state index in [1.807, 2.05) is 21.1 Å². The molecule has 56 heavy (non-hydrogen) atoms. The van der Waals surface area contributed by atoms with Gasteiger partial charge in [0.05, 0.1) is 34.4 Å². The highest BCUT2D eigenvalue weighted by Gasteiger charge is 2.26. The average molecular weight is 817 g/mol. The summed E-state index contributed by atoms with van der Waals surface area (Å²) < 4.78 is 35.0. The van der Waals surface area contributed by atoms with Crippen molar-refractivity contribution in [2.24, 2.45) is 0 Å². The zero-order valence-corrected chi connectivity index (χ0v) is 38.8. The standard InChI is InChI=1S/C47H94NO7P/c1-6-8-10-12-14-16-18-19-20-21-22-23-24-25-26-27-28-29-31-33-35-37-39-42-52-44-46(45-54-56(50,51)53-43-41-48(3,4)5)55-47(49)40-38-36-34-32-30-17-15-13-11-9-7-2/h13,15,46H,6-12,14,16-45H2,1-5H3/p+1/b15-13-. The molecule has 2 unspecified atom stereocenters. The number of phosphoric ester groups is 1. The number of hydrogen-bond acceptors (Lipinski definition) is 6. The molecule has 0 aliphatic carbocycles. The van der Waals surface area contributed by atoms with Crippen LogP contribution < -0.4 is 0 Å². The molecule has 0 bridgehead atoms. The summed E-state index contributed by atoms with van der Waals surface area (Å²) in [4.78, 5) is 22.9. The van der Waals surface area contributed by atoms with E-state index in [-0.39, 0.29) is 25.8 Å². The summed E-state index contributed by atoms with van der Waals surface area (Å²) >= 11 is 0. The van der Waals surface area contributed by atoms with Gasteiger partial charge in [0.1, 0.15) is 19.3 Å². The van der Waals surface area contributed by atoms with Crippen LogP contribution in [0.3, 0.4) is 0 Å². The van der Waals surface area contributed by atoms with Crippen molar-refractivity contribution in [1.29, 1.82) is 0 Å². The van der Waals surface area contributed by atoms with Gasteiger partial charge >= 0.3 is 13.8 Å². The van der Waals surface area contributed by atoms with Gasteiger partial charge in [0.2, 0.25) is 0 Å². The second-order valence-corrected chi connectivity index (χ2v) is 19.0. The first-order valence-electron chi connectivity index (χ1n) is 23.9. The minimum atomic E-state index is -4.27. The molecule has 0 saturated carbocycles. The maximum absolute atomic E-state index is 12.7. The lowest BCUT2D eigenvalue weighted by Crippen LogP contribution is -2.37. The number of carbonyl (C=O) groups is 1. The zero-order valence-electron chi connectivity index (χ0n) is 37.9. The van der Waals surface area contributed by atoms with Gasteiger partial charge in [-0.05, 0) is 32.1 Å². The summed E-state index contributed by atoms with van der Waals surface area (Å²) in [6, 6.07) is 0.